The molecule has 0 aliphatic carbocycles. The van der Waals surface area contributed by atoms with Gasteiger partial charge in [-0.2, -0.15) is 0 Å². The van der Waals surface area contributed by atoms with Crippen LogP contribution in [0.4, 0.5) is 21.9 Å². The van der Waals surface area contributed by atoms with Crippen molar-refractivity contribution in [1.29, 1.82) is 0 Å². The molecule has 1 heterocycles. The van der Waals surface area contributed by atoms with Crippen molar-refractivity contribution in [1.82, 2.24) is 4.57 Å². The molecule has 3 aromatic rings. The Balaban J connectivity index is 1.71. The first-order valence-electron chi connectivity index (χ1n) is 9.12. The summed E-state index contributed by atoms with van der Waals surface area (Å²) in [5.41, 5.74) is 2.59. The average Bonchev–Trinajstić information content (AvgIpc) is 2.70. The molecule has 0 saturated heterocycles. The van der Waals surface area contributed by atoms with Gasteiger partial charge in [0.25, 0.3) is 5.56 Å². The molecule has 7 nitrogen and oxygen atoms in total. The first-order chi connectivity index (χ1) is 13.9. The minimum atomic E-state index is -0.532. The predicted octanol–water partition coefficient (Wildman–Crippen LogP) is 3.75. The van der Waals surface area contributed by atoms with E-state index in [1.807, 2.05) is 37.3 Å². The Morgan fingerprint density at radius 3 is 2.14 bits per heavy atom. The quantitative estimate of drug-likeness (QED) is 0.619. The number of urea groups is 1. The molecule has 3 rings (SSSR count). The molecule has 148 valence electrons. The second-order valence-electron chi connectivity index (χ2n) is 6.64. The SMILES string of the molecule is Cc1ccc(NC(=O)Nc2ccc(C)n(CC(=O)Nc3ccccc3)c2=O)cc1. The third kappa shape index (κ3) is 5.32. The lowest BCUT2D eigenvalue weighted by Gasteiger charge is -2.13. The Bertz CT molecular complexity index is 1070. The van der Waals surface area contributed by atoms with E-state index in [1.165, 1.54) is 10.6 Å². The zero-order valence-corrected chi connectivity index (χ0v) is 16.2. The second kappa shape index (κ2) is 8.88. The fourth-order valence-electron chi connectivity index (χ4n) is 2.75. The minimum absolute atomic E-state index is 0.0905. The second-order valence-corrected chi connectivity index (χ2v) is 6.64. The number of amides is 3. The molecular weight excluding hydrogens is 368 g/mol. The van der Waals surface area contributed by atoms with Crippen LogP contribution in [0.25, 0.3) is 0 Å². The third-order valence-electron chi connectivity index (χ3n) is 4.31. The Hall–Kier alpha value is -3.87. The van der Waals surface area contributed by atoms with Gasteiger partial charge in [0.15, 0.2) is 0 Å². The Morgan fingerprint density at radius 1 is 0.793 bits per heavy atom. The topological polar surface area (TPSA) is 92.2 Å². The van der Waals surface area contributed by atoms with Crippen LogP contribution in [0, 0.1) is 13.8 Å². The predicted molar refractivity (Wildman–Crippen MR) is 114 cm³/mol. The van der Waals surface area contributed by atoms with Gasteiger partial charge in [0.1, 0.15) is 12.2 Å². The zero-order chi connectivity index (χ0) is 20.8. The summed E-state index contributed by atoms with van der Waals surface area (Å²) in [7, 11) is 0. The number of hydrogen-bond acceptors (Lipinski definition) is 3. The number of benzene rings is 2. The number of nitrogens with one attached hydrogen (secondary N) is 3. The summed E-state index contributed by atoms with van der Waals surface area (Å²) >= 11 is 0. The average molecular weight is 390 g/mol. The fourth-order valence-corrected chi connectivity index (χ4v) is 2.75. The van der Waals surface area contributed by atoms with Crippen LogP contribution < -0.4 is 21.5 Å². The van der Waals surface area contributed by atoms with Crippen molar-refractivity contribution in [2.75, 3.05) is 16.0 Å². The summed E-state index contributed by atoms with van der Waals surface area (Å²) in [6, 6.07) is 19.0. The molecule has 2 aromatic carbocycles. The summed E-state index contributed by atoms with van der Waals surface area (Å²) in [6.45, 7) is 3.52. The number of aryl methyl sites for hydroxylation is 2. The van der Waals surface area contributed by atoms with Gasteiger partial charge in [-0.3, -0.25) is 9.59 Å². The van der Waals surface area contributed by atoms with Gasteiger partial charge in [-0.05, 0) is 50.2 Å². The third-order valence-corrected chi connectivity index (χ3v) is 4.31. The van der Waals surface area contributed by atoms with E-state index in [0.29, 0.717) is 17.1 Å². The van der Waals surface area contributed by atoms with Gasteiger partial charge >= 0.3 is 6.03 Å². The van der Waals surface area contributed by atoms with E-state index in [0.717, 1.165) is 5.56 Å². The lowest BCUT2D eigenvalue weighted by Crippen LogP contribution is -2.32. The molecule has 3 amide bonds. The maximum Gasteiger partial charge on any atom is 0.323 e. The number of carbonyl (C=O) groups excluding carboxylic acids is 2. The smallest absolute Gasteiger partial charge is 0.323 e. The molecule has 7 heteroatoms. The maximum atomic E-state index is 12.8. The normalized spacial score (nSPS) is 10.3. The highest BCUT2D eigenvalue weighted by Gasteiger charge is 2.12. The molecule has 0 saturated carbocycles. The van der Waals surface area contributed by atoms with Crippen LogP contribution in [-0.2, 0) is 11.3 Å². The monoisotopic (exact) mass is 390 g/mol. The van der Waals surface area contributed by atoms with Crippen LogP contribution in [-0.4, -0.2) is 16.5 Å². The van der Waals surface area contributed by atoms with Crippen LogP contribution in [0.1, 0.15) is 11.3 Å². The highest BCUT2D eigenvalue weighted by Crippen LogP contribution is 2.10. The van der Waals surface area contributed by atoms with E-state index in [4.69, 9.17) is 0 Å². The van der Waals surface area contributed by atoms with Crippen molar-refractivity contribution < 1.29 is 9.59 Å². The van der Waals surface area contributed by atoms with E-state index in [2.05, 4.69) is 16.0 Å². The summed E-state index contributed by atoms with van der Waals surface area (Å²) in [5.74, 6) is -0.331. The van der Waals surface area contributed by atoms with Gasteiger partial charge < -0.3 is 20.5 Å². The summed E-state index contributed by atoms with van der Waals surface area (Å²) in [4.78, 5) is 37.3. The molecule has 3 N–H and O–H groups in total. The molecule has 29 heavy (non-hydrogen) atoms. The van der Waals surface area contributed by atoms with Gasteiger partial charge in [0, 0.05) is 17.1 Å². The highest BCUT2D eigenvalue weighted by atomic mass is 16.2. The van der Waals surface area contributed by atoms with Gasteiger partial charge in [-0.1, -0.05) is 35.9 Å². The van der Waals surface area contributed by atoms with Crippen LogP contribution in [0.3, 0.4) is 0 Å². The standard InChI is InChI=1S/C22H22N4O3/c1-15-8-11-18(12-9-15)24-22(29)25-19-13-10-16(2)26(21(19)28)14-20(27)23-17-6-4-3-5-7-17/h3-13H,14H2,1-2H3,(H,23,27)(H2,24,25,29). The molecule has 0 radical (unpaired) electrons. The van der Waals surface area contributed by atoms with Gasteiger partial charge in [0.2, 0.25) is 5.91 Å². The summed E-state index contributed by atoms with van der Waals surface area (Å²) < 4.78 is 1.32. The first kappa shape index (κ1) is 19.9. The molecular formula is C22H22N4O3. The number of hydrogen-bond donors (Lipinski definition) is 3. The van der Waals surface area contributed by atoms with Gasteiger partial charge in [0.05, 0.1) is 0 Å². The maximum absolute atomic E-state index is 12.8. The molecule has 0 fully saturated rings. The molecule has 0 aliphatic heterocycles. The van der Waals surface area contributed by atoms with E-state index in [-0.39, 0.29) is 18.1 Å². The number of para-hydroxylation sites is 1. The Kier molecular flexibility index (Phi) is 6.09. The number of pyridine rings is 1. The molecule has 0 atom stereocenters. The van der Waals surface area contributed by atoms with Crippen molar-refractivity contribution in [3.8, 4) is 0 Å². The molecule has 0 aliphatic rings. The van der Waals surface area contributed by atoms with Crippen molar-refractivity contribution in [3.05, 3.63) is 88.3 Å². The molecule has 1 aromatic heterocycles. The number of anilines is 3. The number of aromatic nitrogens is 1. The summed E-state index contributed by atoms with van der Waals surface area (Å²) in [5, 5.41) is 7.97. The van der Waals surface area contributed by atoms with Crippen molar-refractivity contribution in [2.24, 2.45) is 0 Å². The lowest BCUT2D eigenvalue weighted by molar-refractivity contribution is -0.116. The fraction of sp³-hybridized carbons (Fsp3) is 0.136. The zero-order valence-electron chi connectivity index (χ0n) is 16.2. The van der Waals surface area contributed by atoms with Crippen molar-refractivity contribution in [2.45, 2.75) is 20.4 Å². The number of nitrogens with zero attached hydrogens (tertiary/aromatic N) is 1. The molecule has 0 spiro atoms. The highest BCUT2D eigenvalue weighted by molar-refractivity contribution is 5.99. The molecule has 0 unspecified atom stereocenters. The number of carbonyl (C=O) groups is 2. The van der Waals surface area contributed by atoms with Gasteiger partial charge in [-0.25, -0.2) is 4.79 Å². The number of rotatable bonds is 5. The van der Waals surface area contributed by atoms with E-state index >= 15 is 0 Å². The van der Waals surface area contributed by atoms with Crippen LogP contribution in [0.2, 0.25) is 0 Å². The van der Waals surface area contributed by atoms with Crippen LogP contribution in [0.15, 0.2) is 71.5 Å². The Labute approximate surface area is 168 Å². The van der Waals surface area contributed by atoms with Crippen LogP contribution >= 0.6 is 0 Å². The van der Waals surface area contributed by atoms with E-state index in [1.54, 1.807) is 37.3 Å². The van der Waals surface area contributed by atoms with E-state index < -0.39 is 11.6 Å². The van der Waals surface area contributed by atoms with Crippen LogP contribution in [0.5, 0.6) is 0 Å². The lowest BCUT2D eigenvalue weighted by atomic mass is 10.2. The first-order valence-corrected chi connectivity index (χ1v) is 9.12. The molecule has 0 bridgehead atoms. The largest absolute Gasteiger partial charge is 0.325 e. The minimum Gasteiger partial charge on any atom is -0.325 e. The summed E-state index contributed by atoms with van der Waals surface area (Å²) in [6.07, 6.45) is 0. The van der Waals surface area contributed by atoms with Crippen molar-refractivity contribution in [3.63, 3.8) is 0 Å². The van der Waals surface area contributed by atoms with Crippen molar-refractivity contribution >= 4 is 29.0 Å². The Morgan fingerprint density at radius 2 is 1.45 bits per heavy atom. The van der Waals surface area contributed by atoms with E-state index in [9.17, 15) is 14.4 Å². The van der Waals surface area contributed by atoms with Gasteiger partial charge in [-0.15, -0.1) is 0 Å².